The third-order valence-corrected chi connectivity index (χ3v) is 1.84. The van der Waals surface area contributed by atoms with Crippen LogP contribution in [0.2, 0.25) is 0 Å². The predicted molar refractivity (Wildman–Crippen MR) is 49.1 cm³/mol. The van der Waals surface area contributed by atoms with Crippen LogP contribution in [-0.4, -0.2) is 42.5 Å². The molecule has 0 spiro atoms. The van der Waals surface area contributed by atoms with E-state index in [1.165, 1.54) is 0 Å². The van der Waals surface area contributed by atoms with Gasteiger partial charge in [-0.25, -0.2) is 0 Å². The summed E-state index contributed by atoms with van der Waals surface area (Å²) in [5.41, 5.74) is 15.6. The van der Waals surface area contributed by atoms with Crippen molar-refractivity contribution in [3.8, 4) is 0 Å². The molecule has 0 aliphatic rings. The summed E-state index contributed by atoms with van der Waals surface area (Å²) in [5.74, 6) is 0. The van der Waals surface area contributed by atoms with Crippen molar-refractivity contribution in [2.45, 2.75) is 24.7 Å². The first-order valence-corrected chi connectivity index (χ1v) is 4.01. The van der Waals surface area contributed by atoms with Gasteiger partial charge in [0.2, 0.25) is 0 Å². The Labute approximate surface area is 73.5 Å². The van der Waals surface area contributed by atoms with Gasteiger partial charge in [-0.3, -0.25) is 4.90 Å². The Morgan fingerprint density at radius 2 is 1.92 bits per heavy atom. The average Bonchev–Trinajstić information content (AvgIpc) is 2.00. The van der Waals surface area contributed by atoms with Crippen LogP contribution in [0.1, 0.15) is 12.8 Å². The third-order valence-electron chi connectivity index (χ3n) is 1.84. The summed E-state index contributed by atoms with van der Waals surface area (Å²) >= 11 is 0. The van der Waals surface area contributed by atoms with Crippen molar-refractivity contribution in [1.82, 2.24) is 4.90 Å². The largest absolute Gasteiger partial charge is 0.378 e. The minimum absolute atomic E-state index is 0.229. The second kappa shape index (κ2) is 4.74. The fourth-order valence-electron chi connectivity index (χ4n) is 0.758. The number of rotatable bonds is 5. The molecular weight excluding hydrogens is 156 g/mol. The average molecular weight is 176 g/mol. The molecule has 0 radical (unpaired) electrons. The molecule has 0 aromatic rings. The standard InChI is InChI=1S/C7H20N4O/c1-11(2)6(12)3-4-7(9,10)5-8/h6,12H,3-5,8-10H2,1-2H3. The van der Waals surface area contributed by atoms with Gasteiger partial charge in [0.1, 0.15) is 6.23 Å². The van der Waals surface area contributed by atoms with E-state index in [9.17, 15) is 5.11 Å². The Morgan fingerprint density at radius 1 is 1.42 bits per heavy atom. The zero-order valence-electron chi connectivity index (χ0n) is 7.83. The molecule has 0 amide bonds. The number of nitrogens with zero attached hydrogens (tertiary/aromatic N) is 1. The first-order valence-electron chi connectivity index (χ1n) is 4.01. The lowest BCUT2D eigenvalue weighted by Gasteiger charge is -2.25. The van der Waals surface area contributed by atoms with Gasteiger partial charge in [0, 0.05) is 6.54 Å². The lowest BCUT2D eigenvalue weighted by Crippen LogP contribution is -2.55. The highest BCUT2D eigenvalue weighted by Crippen LogP contribution is 2.05. The molecule has 12 heavy (non-hydrogen) atoms. The van der Waals surface area contributed by atoms with E-state index in [0.717, 1.165) is 0 Å². The molecule has 1 atom stereocenters. The summed E-state index contributed by atoms with van der Waals surface area (Å²) in [6.07, 6.45) is 0.558. The summed E-state index contributed by atoms with van der Waals surface area (Å²) in [7, 11) is 3.59. The van der Waals surface area contributed by atoms with Gasteiger partial charge >= 0.3 is 0 Å². The molecule has 0 bridgehead atoms. The van der Waals surface area contributed by atoms with Crippen molar-refractivity contribution in [3.63, 3.8) is 0 Å². The molecule has 5 nitrogen and oxygen atoms in total. The van der Waals surface area contributed by atoms with E-state index in [4.69, 9.17) is 17.2 Å². The highest BCUT2D eigenvalue weighted by Gasteiger charge is 2.18. The maximum absolute atomic E-state index is 9.36. The Bertz CT molecular complexity index is 127. The van der Waals surface area contributed by atoms with Gasteiger partial charge in [-0.1, -0.05) is 0 Å². The van der Waals surface area contributed by atoms with Gasteiger partial charge in [0.15, 0.2) is 0 Å². The number of nitrogens with two attached hydrogens (primary N) is 3. The van der Waals surface area contributed by atoms with Crippen LogP contribution >= 0.6 is 0 Å². The summed E-state index contributed by atoms with van der Waals surface area (Å²) in [6.45, 7) is 0.229. The van der Waals surface area contributed by atoms with Crippen LogP contribution in [0.15, 0.2) is 0 Å². The Kier molecular flexibility index (Phi) is 4.66. The molecule has 0 heterocycles. The van der Waals surface area contributed by atoms with Crippen molar-refractivity contribution < 1.29 is 5.11 Å². The molecule has 1 unspecified atom stereocenters. The molecule has 0 aromatic carbocycles. The SMILES string of the molecule is CN(C)C(O)CCC(N)(N)CN. The van der Waals surface area contributed by atoms with E-state index >= 15 is 0 Å². The second-order valence-corrected chi connectivity index (χ2v) is 3.42. The Hall–Kier alpha value is -0.200. The summed E-state index contributed by atoms with van der Waals surface area (Å²) < 4.78 is 0. The minimum atomic E-state index is -0.850. The molecule has 0 rings (SSSR count). The zero-order valence-corrected chi connectivity index (χ0v) is 7.83. The van der Waals surface area contributed by atoms with Crippen molar-refractivity contribution in [3.05, 3.63) is 0 Å². The fraction of sp³-hybridized carbons (Fsp3) is 1.00. The van der Waals surface area contributed by atoms with Crippen LogP contribution in [0.5, 0.6) is 0 Å². The molecule has 0 saturated carbocycles. The summed E-state index contributed by atoms with van der Waals surface area (Å²) in [6, 6.07) is 0. The van der Waals surface area contributed by atoms with Crippen LogP contribution in [0.4, 0.5) is 0 Å². The van der Waals surface area contributed by atoms with Gasteiger partial charge in [0.05, 0.1) is 5.66 Å². The molecule has 0 aromatic heterocycles. The van der Waals surface area contributed by atoms with Crippen LogP contribution in [0, 0.1) is 0 Å². The Morgan fingerprint density at radius 3 is 2.25 bits per heavy atom. The molecule has 7 N–H and O–H groups in total. The highest BCUT2D eigenvalue weighted by atomic mass is 16.3. The van der Waals surface area contributed by atoms with Crippen molar-refractivity contribution in [2.24, 2.45) is 17.2 Å². The van der Waals surface area contributed by atoms with E-state index in [0.29, 0.717) is 12.8 Å². The van der Waals surface area contributed by atoms with Gasteiger partial charge in [-0.05, 0) is 26.9 Å². The molecule has 74 valence electrons. The second-order valence-electron chi connectivity index (χ2n) is 3.42. The van der Waals surface area contributed by atoms with E-state index < -0.39 is 11.9 Å². The molecule has 0 aliphatic carbocycles. The zero-order chi connectivity index (χ0) is 9.78. The lowest BCUT2D eigenvalue weighted by atomic mass is 10.1. The first kappa shape index (κ1) is 11.8. The maximum atomic E-state index is 9.36. The fourth-order valence-corrected chi connectivity index (χ4v) is 0.758. The smallest absolute Gasteiger partial charge is 0.107 e. The van der Waals surface area contributed by atoms with Crippen molar-refractivity contribution >= 4 is 0 Å². The molecular formula is C7H20N4O. The number of aliphatic hydroxyl groups is 1. The monoisotopic (exact) mass is 176 g/mol. The minimum Gasteiger partial charge on any atom is -0.378 e. The van der Waals surface area contributed by atoms with Crippen molar-refractivity contribution in [2.75, 3.05) is 20.6 Å². The van der Waals surface area contributed by atoms with Crippen LogP contribution in [0.3, 0.4) is 0 Å². The molecule has 0 fully saturated rings. The number of hydrogen-bond acceptors (Lipinski definition) is 5. The molecule has 0 aliphatic heterocycles. The number of hydrogen-bond donors (Lipinski definition) is 4. The first-order chi connectivity index (χ1) is 5.39. The number of aliphatic hydroxyl groups excluding tert-OH is 1. The summed E-state index contributed by atoms with van der Waals surface area (Å²) in [4.78, 5) is 1.70. The topological polar surface area (TPSA) is 102 Å². The van der Waals surface area contributed by atoms with Gasteiger partial charge < -0.3 is 22.3 Å². The third kappa shape index (κ3) is 4.63. The Balaban J connectivity index is 3.67. The van der Waals surface area contributed by atoms with Gasteiger partial charge in [-0.15, -0.1) is 0 Å². The summed E-state index contributed by atoms with van der Waals surface area (Å²) in [5, 5.41) is 9.36. The van der Waals surface area contributed by atoms with Gasteiger partial charge in [0.25, 0.3) is 0 Å². The van der Waals surface area contributed by atoms with Gasteiger partial charge in [-0.2, -0.15) is 0 Å². The predicted octanol–water partition coefficient (Wildman–Crippen LogP) is -1.78. The van der Waals surface area contributed by atoms with Crippen molar-refractivity contribution in [1.29, 1.82) is 0 Å². The van der Waals surface area contributed by atoms with E-state index in [-0.39, 0.29) is 6.54 Å². The van der Waals surface area contributed by atoms with Crippen LogP contribution in [0.25, 0.3) is 0 Å². The normalized spacial score (nSPS) is 15.2. The molecule has 5 heteroatoms. The van der Waals surface area contributed by atoms with E-state index in [1.807, 2.05) is 0 Å². The van der Waals surface area contributed by atoms with E-state index in [1.54, 1.807) is 19.0 Å². The lowest BCUT2D eigenvalue weighted by molar-refractivity contribution is 0.0270. The quantitative estimate of drug-likeness (QED) is 0.371. The van der Waals surface area contributed by atoms with E-state index in [2.05, 4.69) is 0 Å². The highest BCUT2D eigenvalue weighted by molar-refractivity contribution is 4.78. The molecule has 0 saturated heterocycles. The van der Waals surface area contributed by atoms with Crippen LogP contribution < -0.4 is 17.2 Å². The maximum Gasteiger partial charge on any atom is 0.107 e. The van der Waals surface area contributed by atoms with Crippen LogP contribution in [-0.2, 0) is 0 Å².